The normalized spacial score (nSPS) is 28.6. The molecule has 0 aromatic carbocycles. The van der Waals surface area contributed by atoms with E-state index in [-0.39, 0.29) is 30.6 Å². The third-order valence-corrected chi connectivity index (χ3v) is 12.0. The minimum Gasteiger partial charge on any atom is -0.382 e. The van der Waals surface area contributed by atoms with Gasteiger partial charge in [0.1, 0.15) is 11.5 Å². The Morgan fingerprint density at radius 2 is 1.75 bits per heavy atom. The van der Waals surface area contributed by atoms with Crippen LogP contribution >= 0.6 is 11.8 Å². The highest BCUT2D eigenvalue weighted by molar-refractivity contribution is 8.03. The van der Waals surface area contributed by atoms with Crippen LogP contribution in [0.3, 0.4) is 0 Å². The number of amides is 2. The smallest absolute Gasteiger partial charge is 0.257 e. The summed E-state index contributed by atoms with van der Waals surface area (Å²) in [6, 6.07) is 6.32. The van der Waals surface area contributed by atoms with Crippen LogP contribution in [0.5, 0.6) is 0 Å². The van der Waals surface area contributed by atoms with Crippen LogP contribution in [-0.2, 0) is 9.59 Å². The summed E-state index contributed by atoms with van der Waals surface area (Å²) in [5, 5.41) is 9.49. The minimum atomic E-state index is -2.56. The molecule has 258 valence electrons. The Morgan fingerprint density at radius 3 is 2.40 bits per heavy atom. The van der Waals surface area contributed by atoms with Gasteiger partial charge in [-0.2, -0.15) is 10.3 Å². The number of aromatic nitrogens is 1. The van der Waals surface area contributed by atoms with Crippen molar-refractivity contribution in [1.29, 1.82) is 5.26 Å². The molecule has 0 radical (unpaired) electrons. The summed E-state index contributed by atoms with van der Waals surface area (Å²) in [4.78, 5) is 44.9. The number of thioether (sulfide) groups is 1. The van der Waals surface area contributed by atoms with E-state index in [1.165, 1.54) is 17.8 Å². The number of carbonyl (C=O) groups is 2. The largest absolute Gasteiger partial charge is 0.382 e. The molecule has 3 aliphatic heterocycles. The maximum atomic E-state index is 13.9. The number of nitrogens with zero attached hydrogens (tertiary/aromatic N) is 7. The molecule has 3 atom stereocenters. The van der Waals surface area contributed by atoms with Gasteiger partial charge in [-0.05, 0) is 61.6 Å². The second kappa shape index (κ2) is 13.8. The molecule has 1 saturated carbocycles. The molecule has 0 bridgehead atoms. The first-order chi connectivity index (χ1) is 22.9. The van der Waals surface area contributed by atoms with E-state index >= 15 is 0 Å². The zero-order chi connectivity index (χ0) is 34.2. The van der Waals surface area contributed by atoms with E-state index in [0.717, 1.165) is 42.1 Å². The van der Waals surface area contributed by atoms with Gasteiger partial charge in [-0.1, -0.05) is 6.58 Å². The van der Waals surface area contributed by atoms with Crippen LogP contribution in [0.25, 0.3) is 0 Å². The van der Waals surface area contributed by atoms with Crippen molar-refractivity contribution in [2.75, 3.05) is 62.2 Å². The molecule has 5 aliphatic rings. The van der Waals surface area contributed by atoms with Crippen molar-refractivity contribution in [3.05, 3.63) is 41.0 Å². The molecule has 3 fully saturated rings. The molecule has 0 spiro atoms. The highest BCUT2D eigenvalue weighted by Crippen LogP contribution is 2.55. The topological polar surface area (TPSA) is 148 Å². The van der Waals surface area contributed by atoms with Gasteiger partial charge in [-0.25, -0.2) is 13.8 Å². The fourth-order valence-corrected chi connectivity index (χ4v) is 9.27. The van der Waals surface area contributed by atoms with Crippen molar-refractivity contribution >= 4 is 40.9 Å². The van der Waals surface area contributed by atoms with Crippen molar-refractivity contribution in [2.45, 2.75) is 69.2 Å². The molecule has 48 heavy (non-hydrogen) atoms. The lowest BCUT2D eigenvalue weighted by Crippen LogP contribution is -2.52. The summed E-state index contributed by atoms with van der Waals surface area (Å²) in [5.41, 5.74) is 13.9. The molecule has 6 rings (SSSR count). The third-order valence-electron chi connectivity index (χ3n) is 10.8. The molecule has 3 unspecified atom stereocenters. The number of aliphatic imine (C=N–C) groups is 1. The first-order valence-electron chi connectivity index (χ1n) is 16.9. The number of piperazine rings is 2. The zero-order valence-corrected chi connectivity index (χ0v) is 28.4. The van der Waals surface area contributed by atoms with E-state index in [0.29, 0.717) is 70.0 Å². The molecule has 4 heterocycles. The van der Waals surface area contributed by atoms with E-state index < -0.39 is 28.5 Å². The number of pyridine rings is 1. The highest BCUT2D eigenvalue weighted by Gasteiger charge is 2.49. The van der Waals surface area contributed by atoms with Crippen molar-refractivity contribution in [1.82, 2.24) is 14.8 Å². The lowest BCUT2D eigenvalue weighted by atomic mass is 9.69. The zero-order valence-electron chi connectivity index (χ0n) is 27.5. The summed E-state index contributed by atoms with van der Waals surface area (Å²) >= 11 is 1.48. The Morgan fingerprint density at radius 1 is 1.08 bits per heavy atom. The lowest BCUT2D eigenvalue weighted by Gasteiger charge is -2.42. The van der Waals surface area contributed by atoms with Crippen LogP contribution in [0, 0.1) is 22.7 Å². The van der Waals surface area contributed by atoms with E-state index in [9.17, 15) is 23.6 Å². The minimum absolute atomic E-state index is 0.00254. The van der Waals surface area contributed by atoms with E-state index in [2.05, 4.69) is 32.3 Å². The van der Waals surface area contributed by atoms with Gasteiger partial charge in [0.25, 0.3) is 5.91 Å². The van der Waals surface area contributed by atoms with Crippen molar-refractivity contribution in [3.8, 4) is 6.07 Å². The summed E-state index contributed by atoms with van der Waals surface area (Å²) in [5.74, 6) is -2.92. The Labute approximate surface area is 285 Å². The molecular formula is C34H45F2N9O2S. The summed E-state index contributed by atoms with van der Waals surface area (Å²) in [6.07, 6.45) is 4.36. The van der Waals surface area contributed by atoms with E-state index in [4.69, 9.17) is 16.5 Å². The Kier molecular flexibility index (Phi) is 9.84. The number of nitrogens with two attached hydrogens (primary N) is 2. The number of halogens is 2. The Balaban J connectivity index is 1.25. The van der Waals surface area contributed by atoms with Crippen LogP contribution in [0.2, 0.25) is 0 Å². The van der Waals surface area contributed by atoms with Crippen LogP contribution in [0.15, 0.2) is 40.3 Å². The fraction of sp³-hybridized carbons (Fsp3) is 0.618. The molecule has 2 aliphatic carbocycles. The molecule has 1 aromatic heterocycles. The molecule has 1 aromatic rings. The second-order valence-corrected chi connectivity index (χ2v) is 15.0. The molecule has 11 nitrogen and oxygen atoms in total. The number of anilines is 2. The monoisotopic (exact) mass is 681 g/mol. The number of carbonyl (C=O) groups excluding carboxylic acids is 2. The lowest BCUT2D eigenvalue weighted by molar-refractivity contribution is -0.126. The average molecular weight is 682 g/mol. The van der Waals surface area contributed by atoms with Gasteiger partial charge in [-0.3, -0.25) is 14.5 Å². The number of nitriles is 1. The van der Waals surface area contributed by atoms with Crippen molar-refractivity contribution in [2.24, 2.45) is 27.8 Å². The van der Waals surface area contributed by atoms with Gasteiger partial charge in [0, 0.05) is 83.0 Å². The van der Waals surface area contributed by atoms with Crippen LogP contribution in [0.4, 0.5) is 20.3 Å². The Bertz CT molecular complexity index is 1530. The summed E-state index contributed by atoms with van der Waals surface area (Å²) in [6.45, 7) is 10.5. The number of hydrogen-bond donors (Lipinski definition) is 2. The molecule has 14 heteroatoms. The average Bonchev–Trinajstić information content (AvgIpc) is 3.44. The SMILES string of the molecule is C=CC(=O)N1CCN(c2cc(C(N)=NC(=O)C3(C)CCCC4=C3C(C#N)C(N)S4)nc(N3CCN(C4CCC(F)(F)CC4)CC3)c2)CC1. The first-order valence-corrected chi connectivity index (χ1v) is 17.8. The van der Waals surface area contributed by atoms with Gasteiger partial charge < -0.3 is 26.2 Å². The van der Waals surface area contributed by atoms with Crippen LogP contribution in [0.1, 0.15) is 57.6 Å². The molecular weight excluding hydrogens is 636 g/mol. The summed E-state index contributed by atoms with van der Waals surface area (Å²) < 4.78 is 27.6. The quantitative estimate of drug-likeness (QED) is 0.260. The van der Waals surface area contributed by atoms with Gasteiger partial charge in [0.05, 0.1) is 22.8 Å². The predicted molar refractivity (Wildman–Crippen MR) is 184 cm³/mol. The van der Waals surface area contributed by atoms with Gasteiger partial charge in [0.15, 0.2) is 5.84 Å². The predicted octanol–water partition coefficient (Wildman–Crippen LogP) is 3.46. The van der Waals surface area contributed by atoms with E-state index in [1.807, 2.05) is 19.1 Å². The van der Waals surface area contributed by atoms with E-state index in [1.54, 1.807) is 4.90 Å². The van der Waals surface area contributed by atoms with Crippen molar-refractivity contribution < 1.29 is 18.4 Å². The fourth-order valence-electron chi connectivity index (χ4n) is 7.86. The number of amidine groups is 1. The number of rotatable bonds is 6. The summed E-state index contributed by atoms with van der Waals surface area (Å²) in [7, 11) is 0. The van der Waals surface area contributed by atoms with Crippen molar-refractivity contribution in [3.63, 3.8) is 0 Å². The maximum Gasteiger partial charge on any atom is 0.257 e. The molecule has 4 N–H and O–H groups in total. The van der Waals surface area contributed by atoms with Gasteiger partial charge in [-0.15, -0.1) is 11.8 Å². The van der Waals surface area contributed by atoms with Crippen LogP contribution in [-0.4, -0.2) is 102 Å². The number of allylic oxidation sites excluding steroid dienone is 1. The second-order valence-electron chi connectivity index (χ2n) is 13.7. The molecule has 2 saturated heterocycles. The van der Waals surface area contributed by atoms with Gasteiger partial charge in [0.2, 0.25) is 11.8 Å². The highest BCUT2D eigenvalue weighted by atomic mass is 32.2. The Hall–Kier alpha value is -3.54. The number of hydrogen-bond acceptors (Lipinski definition) is 9. The molecule has 2 amide bonds. The third kappa shape index (κ3) is 6.82. The standard InChI is InChI=1S/C34H45F2N9O2S/c1-3-28(46)45-17-13-43(14-18-45)23-19-25(30(38)41-32(47)33(2)8-4-5-26-29(33)24(21-37)31(39)48-26)40-27(20-23)44-15-11-42(12-16-44)22-6-9-34(35,36)10-7-22/h3,19-20,22,24,31H,1,4-18,39H2,2H3,(H2,38,41,47). The van der Waals surface area contributed by atoms with Gasteiger partial charge >= 0.3 is 0 Å². The first kappa shape index (κ1) is 34.3. The maximum absolute atomic E-state index is 13.9. The number of alkyl halides is 2. The van der Waals surface area contributed by atoms with Crippen LogP contribution < -0.4 is 21.3 Å².